The van der Waals surface area contributed by atoms with Crippen molar-refractivity contribution in [2.24, 2.45) is 0 Å². The summed E-state index contributed by atoms with van der Waals surface area (Å²) in [5, 5.41) is 7.59. The molecule has 10 heteroatoms. The van der Waals surface area contributed by atoms with E-state index in [-0.39, 0.29) is 23.8 Å². The zero-order chi connectivity index (χ0) is 20.3. The lowest BCUT2D eigenvalue weighted by molar-refractivity contribution is 0.241. The fourth-order valence-electron chi connectivity index (χ4n) is 2.68. The summed E-state index contributed by atoms with van der Waals surface area (Å²) in [7, 11) is -2.22. The molecule has 0 saturated carbocycles. The van der Waals surface area contributed by atoms with E-state index in [9.17, 15) is 8.42 Å². The Morgan fingerprint density at radius 3 is 2.54 bits per heavy atom. The van der Waals surface area contributed by atoms with E-state index in [1.54, 1.807) is 13.8 Å². The second kappa shape index (κ2) is 8.11. The topological polar surface area (TPSA) is 112 Å². The average Bonchev–Trinajstić information content (AvgIpc) is 3.25. The van der Waals surface area contributed by atoms with Crippen LogP contribution < -0.4 is 4.74 Å². The van der Waals surface area contributed by atoms with Gasteiger partial charge in [-0.05, 0) is 32.4 Å². The van der Waals surface area contributed by atoms with E-state index in [4.69, 9.17) is 13.8 Å². The van der Waals surface area contributed by atoms with Gasteiger partial charge in [-0.2, -0.15) is 4.98 Å². The summed E-state index contributed by atoms with van der Waals surface area (Å²) < 4.78 is 42.4. The molecule has 0 atom stereocenters. The molecule has 0 fully saturated rings. The Hall–Kier alpha value is -2.72. The second-order valence-electron chi connectivity index (χ2n) is 6.39. The summed E-state index contributed by atoms with van der Waals surface area (Å²) >= 11 is 0. The predicted octanol–water partition coefficient (Wildman–Crippen LogP) is 2.43. The molecule has 0 spiro atoms. The minimum Gasteiger partial charge on any atom is -0.483 e. The highest BCUT2D eigenvalue weighted by Crippen LogP contribution is 2.22. The first kappa shape index (κ1) is 20.0. The van der Waals surface area contributed by atoms with Crippen molar-refractivity contribution in [2.75, 3.05) is 13.6 Å². The fraction of sp³-hybridized carbons (Fsp3) is 0.389. The van der Waals surface area contributed by atoms with E-state index in [0.29, 0.717) is 23.8 Å². The summed E-state index contributed by atoms with van der Waals surface area (Å²) in [6.45, 7) is 5.44. The number of hydrogen-bond donors (Lipinski definition) is 0. The Labute approximate surface area is 163 Å². The number of likely N-dealkylation sites (N-methyl/N-ethyl adjacent to an activating group) is 1. The summed E-state index contributed by atoms with van der Waals surface area (Å²) in [5.74, 6) is 1.74. The molecule has 2 heterocycles. The highest BCUT2D eigenvalue weighted by molar-refractivity contribution is 7.89. The third-order valence-corrected chi connectivity index (χ3v) is 6.34. The van der Waals surface area contributed by atoms with E-state index < -0.39 is 10.0 Å². The lowest BCUT2D eigenvalue weighted by atomic mass is 10.2. The van der Waals surface area contributed by atoms with Crippen molar-refractivity contribution in [2.45, 2.75) is 38.7 Å². The molecule has 0 saturated heterocycles. The Bertz CT molecular complexity index is 1040. The smallest absolute Gasteiger partial charge is 0.264 e. The predicted molar refractivity (Wildman–Crippen MR) is 99.3 cm³/mol. The molecular formula is C18H22N4O5S. The number of nitrogens with zero attached hydrogens (tertiary/aromatic N) is 4. The number of aryl methyl sites for hydroxylation is 3. The van der Waals surface area contributed by atoms with Crippen LogP contribution in [0.15, 0.2) is 38.2 Å². The van der Waals surface area contributed by atoms with Crippen LogP contribution in [0.1, 0.15) is 28.7 Å². The molecule has 0 aliphatic heterocycles. The minimum absolute atomic E-state index is 0.0930. The van der Waals surface area contributed by atoms with Crippen LogP contribution in [0.4, 0.5) is 0 Å². The van der Waals surface area contributed by atoms with Gasteiger partial charge in [-0.1, -0.05) is 28.5 Å². The van der Waals surface area contributed by atoms with Crippen LogP contribution in [0, 0.1) is 20.8 Å². The van der Waals surface area contributed by atoms with Gasteiger partial charge in [0.1, 0.15) is 16.3 Å². The minimum atomic E-state index is -3.71. The molecule has 28 heavy (non-hydrogen) atoms. The van der Waals surface area contributed by atoms with E-state index in [0.717, 1.165) is 11.3 Å². The quantitative estimate of drug-likeness (QED) is 0.561. The van der Waals surface area contributed by atoms with Gasteiger partial charge in [0, 0.05) is 20.0 Å². The lowest BCUT2D eigenvalue weighted by Gasteiger charge is -2.15. The first-order valence-electron chi connectivity index (χ1n) is 8.68. The largest absolute Gasteiger partial charge is 0.483 e. The van der Waals surface area contributed by atoms with Crippen molar-refractivity contribution in [1.29, 1.82) is 0 Å². The molecule has 0 unspecified atom stereocenters. The summed E-state index contributed by atoms with van der Waals surface area (Å²) in [6.07, 6.45) is 0.299. The van der Waals surface area contributed by atoms with Crippen LogP contribution in [0.5, 0.6) is 5.75 Å². The monoisotopic (exact) mass is 406 g/mol. The van der Waals surface area contributed by atoms with Gasteiger partial charge in [0.2, 0.25) is 10.0 Å². The van der Waals surface area contributed by atoms with Crippen LogP contribution in [-0.2, 0) is 23.1 Å². The van der Waals surface area contributed by atoms with Gasteiger partial charge in [0.05, 0.1) is 0 Å². The maximum absolute atomic E-state index is 12.7. The number of ether oxygens (including phenoxy) is 1. The van der Waals surface area contributed by atoms with Crippen LogP contribution in [0.25, 0.3) is 0 Å². The summed E-state index contributed by atoms with van der Waals surface area (Å²) in [5.41, 5.74) is 1.34. The van der Waals surface area contributed by atoms with Crippen molar-refractivity contribution in [3.63, 3.8) is 0 Å². The zero-order valence-electron chi connectivity index (χ0n) is 16.2. The molecule has 3 aromatic rings. The molecule has 0 bridgehead atoms. The molecule has 9 nitrogen and oxygen atoms in total. The fourth-order valence-corrected chi connectivity index (χ4v) is 4.14. The number of para-hydroxylation sites is 1. The summed E-state index contributed by atoms with van der Waals surface area (Å²) in [4.78, 5) is 4.34. The first-order valence-corrected chi connectivity index (χ1v) is 10.1. The van der Waals surface area contributed by atoms with Gasteiger partial charge in [-0.3, -0.25) is 0 Å². The number of benzene rings is 1. The standard InChI is InChI=1S/C18H22N4O5S/c1-12-7-5-6-8-15(12)25-11-17-19-16(21-27-17)9-10-22(4)28(23,24)18-13(2)20-26-14(18)3/h5-8H,9-11H2,1-4H3. The number of aromatic nitrogens is 3. The van der Waals surface area contributed by atoms with Gasteiger partial charge < -0.3 is 13.8 Å². The van der Waals surface area contributed by atoms with Crippen molar-refractivity contribution < 1.29 is 22.2 Å². The van der Waals surface area contributed by atoms with Crippen molar-refractivity contribution in [1.82, 2.24) is 19.6 Å². The van der Waals surface area contributed by atoms with Crippen LogP contribution >= 0.6 is 0 Å². The number of sulfonamides is 1. The van der Waals surface area contributed by atoms with E-state index in [1.165, 1.54) is 11.4 Å². The normalized spacial score (nSPS) is 11.9. The third-order valence-electron chi connectivity index (χ3n) is 4.24. The van der Waals surface area contributed by atoms with Crippen LogP contribution in [0.2, 0.25) is 0 Å². The number of hydrogen-bond acceptors (Lipinski definition) is 8. The van der Waals surface area contributed by atoms with E-state index in [2.05, 4.69) is 15.3 Å². The number of rotatable bonds is 8. The molecule has 0 aliphatic rings. The van der Waals surface area contributed by atoms with Crippen LogP contribution in [-0.4, -0.2) is 41.6 Å². The van der Waals surface area contributed by atoms with Crippen molar-refractivity contribution in [3.05, 3.63) is 53.0 Å². The molecule has 0 N–H and O–H groups in total. The summed E-state index contributed by atoms with van der Waals surface area (Å²) in [6, 6.07) is 7.63. The molecular weight excluding hydrogens is 384 g/mol. The molecule has 2 aromatic heterocycles. The average molecular weight is 406 g/mol. The molecule has 0 radical (unpaired) electrons. The zero-order valence-corrected chi connectivity index (χ0v) is 17.0. The van der Waals surface area contributed by atoms with E-state index in [1.807, 2.05) is 31.2 Å². The molecule has 0 amide bonds. The Morgan fingerprint density at radius 2 is 1.86 bits per heavy atom. The van der Waals surface area contributed by atoms with Gasteiger partial charge in [0.15, 0.2) is 18.2 Å². The maximum atomic E-state index is 12.7. The second-order valence-corrected chi connectivity index (χ2v) is 8.37. The molecule has 150 valence electrons. The first-order chi connectivity index (χ1) is 13.3. The molecule has 1 aromatic carbocycles. The third kappa shape index (κ3) is 4.23. The Morgan fingerprint density at radius 1 is 1.11 bits per heavy atom. The Balaban J connectivity index is 1.59. The molecule has 3 rings (SSSR count). The van der Waals surface area contributed by atoms with E-state index >= 15 is 0 Å². The van der Waals surface area contributed by atoms with Crippen LogP contribution in [0.3, 0.4) is 0 Å². The van der Waals surface area contributed by atoms with Crippen molar-refractivity contribution in [3.8, 4) is 5.75 Å². The SMILES string of the molecule is Cc1ccccc1OCc1nc(CCN(C)S(=O)(=O)c2c(C)noc2C)no1. The highest BCUT2D eigenvalue weighted by Gasteiger charge is 2.28. The lowest BCUT2D eigenvalue weighted by Crippen LogP contribution is -2.30. The van der Waals surface area contributed by atoms with Gasteiger partial charge in [-0.15, -0.1) is 0 Å². The Kier molecular flexibility index (Phi) is 5.80. The highest BCUT2D eigenvalue weighted by atomic mass is 32.2. The van der Waals surface area contributed by atoms with Gasteiger partial charge >= 0.3 is 0 Å². The van der Waals surface area contributed by atoms with Gasteiger partial charge in [-0.25, -0.2) is 12.7 Å². The van der Waals surface area contributed by atoms with Crippen molar-refractivity contribution >= 4 is 10.0 Å². The van der Waals surface area contributed by atoms with Gasteiger partial charge in [0.25, 0.3) is 5.89 Å². The molecule has 0 aliphatic carbocycles. The maximum Gasteiger partial charge on any atom is 0.264 e.